The molecule has 0 saturated carbocycles. The minimum absolute atomic E-state index is 0.0638. The lowest BCUT2D eigenvalue weighted by Crippen LogP contribution is -2.30. The van der Waals surface area contributed by atoms with Crippen LogP contribution in [0.2, 0.25) is 0 Å². The number of hydrogen-bond acceptors (Lipinski definition) is 6. The second-order valence-electron chi connectivity index (χ2n) is 25.2. The maximum Gasteiger partial charge on any atom is 0.306 e. The predicted molar refractivity (Wildman–Crippen MR) is 353 cm³/mol. The zero-order valence-electron chi connectivity index (χ0n) is 55.1. The van der Waals surface area contributed by atoms with Crippen LogP contribution >= 0.6 is 0 Å². The molecule has 6 nitrogen and oxygen atoms in total. The van der Waals surface area contributed by atoms with E-state index < -0.39 is 6.10 Å². The van der Waals surface area contributed by atoms with Crippen molar-refractivity contribution < 1.29 is 28.6 Å². The van der Waals surface area contributed by atoms with Gasteiger partial charge in [0, 0.05) is 19.3 Å². The maximum absolute atomic E-state index is 13.0. The van der Waals surface area contributed by atoms with E-state index in [-0.39, 0.29) is 31.1 Å². The fourth-order valence-corrected chi connectivity index (χ4v) is 11.4. The Morgan fingerprint density at radius 1 is 0.247 bits per heavy atom. The van der Waals surface area contributed by atoms with Crippen LogP contribution in [0.25, 0.3) is 0 Å². The van der Waals surface area contributed by atoms with Gasteiger partial charge in [-0.1, -0.05) is 373 Å². The summed E-state index contributed by atoms with van der Waals surface area (Å²) in [5.41, 5.74) is 0. The molecule has 0 aromatic rings. The third-order valence-electron chi connectivity index (χ3n) is 17.0. The van der Waals surface area contributed by atoms with Crippen LogP contribution in [0.3, 0.4) is 0 Å². The summed E-state index contributed by atoms with van der Waals surface area (Å²) in [6.07, 6.45) is 86.4. The normalized spacial score (nSPS) is 12.1. The molecule has 0 spiro atoms. The van der Waals surface area contributed by atoms with Gasteiger partial charge in [-0.05, 0) is 51.4 Å². The van der Waals surface area contributed by atoms with Crippen molar-refractivity contribution in [3.63, 3.8) is 0 Å². The highest BCUT2D eigenvalue weighted by Gasteiger charge is 2.20. The SMILES string of the molecule is CCCCCCC/C=C\C/C=C\CCCCCCCCCCCCCCCC(=O)OCC(COC(=O)CCCCCCCCCCCCCCCCCC)OC(=O)CCCCCCCCCCCCCCCCCCCCCCCC. The average Bonchev–Trinajstić information content (AvgIpc) is 3.47. The first-order valence-corrected chi connectivity index (χ1v) is 36.8. The van der Waals surface area contributed by atoms with E-state index in [4.69, 9.17) is 14.2 Å². The lowest BCUT2D eigenvalue weighted by molar-refractivity contribution is -0.167. The summed E-state index contributed by atoms with van der Waals surface area (Å²) in [6, 6.07) is 0. The molecule has 1 unspecified atom stereocenters. The van der Waals surface area contributed by atoms with Crippen LogP contribution in [-0.4, -0.2) is 37.2 Å². The summed E-state index contributed by atoms with van der Waals surface area (Å²) in [6.45, 7) is 6.73. The number of ether oxygens (including phenoxy) is 3. The molecule has 0 N–H and O–H groups in total. The molecule has 6 heteroatoms. The van der Waals surface area contributed by atoms with Crippen LogP contribution in [0.1, 0.15) is 419 Å². The molecule has 0 amide bonds. The predicted octanol–water partition coefficient (Wildman–Crippen LogP) is 25.3. The van der Waals surface area contributed by atoms with Crippen LogP contribution < -0.4 is 0 Å². The average molecular weight is 1140 g/mol. The maximum atomic E-state index is 13.0. The topological polar surface area (TPSA) is 78.9 Å². The number of unbranched alkanes of at least 4 members (excludes halogenated alkanes) is 54. The highest BCUT2D eigenvalue weighted by atomic mass is 16.6. The van der Waals surface area contributed by atoms with Crippen molar-refractivity contribution in [2.45, 2.75) is 425 Å². The molecule has 81 heavy (non-hydrogen) atoms. The summed E-state index contributed by atoms with van der Waals surface area (Å²) >= 11 is 0. The molecule has 0 heterocycles. The number of esters is 3. The Labute approximate surface area is 506 Å². The highest BCUT2D eigenvalue weighted by Crippen LogP contribution is 2.19. The van der Waals surface area contributed by atoms with Crippen LogP contribution in [0, 0.1) is 0 Å². The summed E-state index contributed by atoms with van der Waals surface area (Å²) in [7, 11) is 0. The van der Waals surface area contributed by atoms with Crippen molar-refractivity contribution in [1.29, 1.82) is 0 Å². The van der Waals surface area contributed by atoms with Gasteiger partial charge in [0.05, 0.1) is 0 Å². The van der Waals surface area contributed by atoms with E-state index in [1.807, 2.05) is 0 Å². The van der Waals surface area contributed by atoms with Crippen LogP contribution in [0.5, 0.6) is 0 Å². The molecule has 0 aliphatic rings. The smallest absolute Gasteiger partial charge is 0.306 e. The third-order valence-corrected chi connectivity index (χ3v) is 17.0. The lowest BCUT2D eigenvalue weighted by Gasteiger charge is -2.18. The molecular weight excluding hydrogens is 997 g/mol. The Morgan fingerprint density at radius 3 is 0.679 bits per heavy atom. The van der Waals surface area contributed by atoms with E-state index in [0.717, 1.165) is 64.2 Å². The van der Waals surface area contributed by atoms with Gasteiger partial charge in [0.15, 0.2) is 6.10 Å². The Balaban J connectivity index is 4.26. The molecule has 0 radical (unpaired) electrons. The number of carbonyl (C=O) groups excluding carboxylic acids is 3. The van der Waals surface area contributed by atoms with Gasteiger partial charge in [0.25, 0.3) is 0 Å². The highest BCUT2D eigenvalue weighted by molar-refractivity contribution is 5.71. The molecule has 478 valence electrons. The second-order valence-corrected chi connectivity index (χ2v) is 25.2. The van der Waals surface area contributed by atoms with Crippen molar-refractivity contribution in [2.24, 2.45) is 0 Å². The van der Waals surface area contributed by atoms with Crippen LogP contribution in [0.4, 0.5) is 0 Å². The Hall–Kier alpha value is -2.11. The molecule has 0 bridgehead atoms. The minimum Gasteiger partial charge on any atom is -0.462 e. The fraction of sp³-hybridized carbons (Fsp3) is 0.907. The monoisotopic (exact) mass is 1140 g/mol. The quantitative estimate of drug-likeness (QED) is 0.0261. The summed E-state index contributed by atoms with van der Waals surface area (Å²) in [4.78, 5) is 38.5. The first kappa shape index (κ1) is 78.9. The van der Waals surface area contributed by atoms with Gasteiger partial charge in [-0.15, -0.1) is 0 Å². The van der Waals surface area contributed by atoms with E-state index in [2.05, 4.69) is 45.1 Å². The summed E-state index contributed by atoms with van der Waals surface area (Å²) < 4.78 is 17.0. The number of allylic oxidation sites excluding steroid dienone is 4. The van der Waals surface area contributed by atoms with Crippen LogP contribution in [0.15, 0.2) is 24.3 Å². The molecule has 1 atom stereocenters. The number of rotatable bonds is 69. The largest absolute Gasteiger partial charge is 0.462 e. The van der Waals surface area contributed by atoms with Gasteiger partial charge in [-0.3, -0.25) is 14.4 Å². The van der Waals surface area contributed by atoms with Crippen molar-refractivity contribution in [3.8, 4) is 0 Å². The molecule has 0 fully saturated rings. The molecule has 0 aromatic carbocycles. The van der Waals surface area contributed by atoms with E-state index in [1.165, 1.54) is 315 Å². The van der Waals surface area contributed by atoms with E-state index in [0.29, 0.717) is 19.3 Å². The van der Waals surface area contributed by atoms with Crippen molar-refractivity contribution in [1.82, 2.24) is 0 Å². The zero-order chi connectivity index (χ0) is 58.5. The Morgan fingerprint density at radius 2 is 0.444 bits per heavy atom. The molecule has 0 rings (SSSR count). The van der Waals surface area contributed by atoms with E-state index in [9.17, 15) is 14.4 Å². The molecule has 0 aromatic heterocycles. The van der Waals surface area contributed by atoms with Gasteiger partial charge in [-0.25, -0.2) is 0 Å². The first-order valence-electron chi connectivity index (χ1n) is 36.8. The van der Waals surface area contributed by atoms with Gasteiger partial charge in [-0.2, -0.15) is 0 Å². The minimum atomic E-state index is -0.768. The van der Waals surface area contributed by atoms with E-state index in [1.54, 1.807) is 0 Å². The Bertz CT molecular complexity index is 1310. The molecule has 0 aliphatic heterocycles. The van der Waals surface area contributed by atoms with Gasteiger partial charge < -0.3 is 14.2 Å². The standard InChI is InChI=1S/C75H142O6/c1-4-7-10-13-16-19-22-25-28-31-33-35-37-38-39-41-42-44-47-50-53-56-59-62-65-68-74(77)80-71-72(70-79-73(76)67-64-61-58-55-52-49-46-30-27-24-21-18-15-12-9-6-3)81-75(78)69-66-63-60-57-54-51-48-45-43-40-36-34-32-29-26-23-20-17-14-11-8-5-2/h22,25,31,33,72H,4-21,23-24,26-30,32,34-71H2,1-3H3/b25-22-,33-31-. The molecule has 0 aliphatic carbocycles. The van der Waals surface area contributed by atoms with Crippen LogP contribution in [-0.2, 0) is 28.6 Å². The van der Waals surface area contributed by atoms with Crippen molar-refractivity contribution >= 4 is 17.9 Å². The van der Waals surface area contributed by atoms with Crippen molar-refractivity contribution in [2.75, 3.05) is 13.2 Å². The lowest BCUT2D eigenvalue weighted by atomic mass is 10.0. The number of carbonyl (C=O) groups is 3. The molecular formula is C75H142O6. The summed E-state index contributed by atoms with van der Waals surface area (Å²) in [5.74, 6) is -0.827. The van der Waals surface area contributed by atoms with Gasteiger partial charge in [0.2, 0.25) is 0 Å². The zero-order valence-corrected chi connectivity index (χ0v) is 55.1. The van der Waals surface area contributed by atoms with E-state index >= 15 is 0 Å². The third kappa shape index (κ3) is 68.6. The first-order chi connectivity index (χ1) is 40.0. The summed E-state index contributed by atoms with van der Waals surface area (Å²) in [5, 5.41) is 0. The number of hydrogen-bond donors (Lipinski definition) is 0. The van der Waals surface area contributed by atoms with Crippen molar-refractivity contribution in [3.05, 3.63) is 24.3 Å². The van der Waals surface area contributed by atoms with Gasteiger partial charge in [0.1, 0.15) is 13.2 Å². The second kappa shape index (κ2) is 70.4. The molecule has 0 saturated heterocycles. The van der Waals surface area contributed by atoms with Gasteiger partial charge >= 0.3 is 17.9 Å². The fourth-order valence-electron chi connectivity index (χ4n) is 11.4. The Kier molecular flexibility index (Phi) is 68.5.